The summed E-state index contributed by atoms with van der Waals surface area (Å²) in [6.45, 7) is 2.68. The lowest BCUT2D eigenvalue weighted by Crippen LogP contribution is -2.37. The van der Waals surface area contributed by atoms with E-state index in [0.29, 0.717) is 56.4 Å². The van der Waals surface area contributed by atoms with E-state index in [2.05, 4.69) is 15.5 Å². The van der Waals surface area contributed by atoms with Gasteiger partial charge in [0.25, 0.3) is 0 Å². The molecule has 0 radical (unpaired) electrons. The van der Waals surface area contributed by atoms with Gasteiger partial charge >= 0.3 is 6.03 Å². The molecule has 11 heteroatoms. The van der Waals surface area contributed by atoms with Crippen molar-refractivity contribution in [3.63, 3.8) is 0 Å². The minimum Gasteiger partial charge on any atom is -0.395 e. The van der Waals surface area contributed by atoms with Gasteiger partial charge in [-0.2, -0.15) is 10.6 Å². The molecule has 1 aromatic heterocycles. The van der Waals surface area contributed by atoms with E-state index >= 15 is 0 Å². The first-order valence-corrected chi connectivity index (χ1v) is 12.5. The number of ether oxygens (including phenoxy) is 1. The van der Waals surface area contributed by atoms with Crippen LogP contribution in [0.1, 0.15) is 18.5 Å². The molecule has 1 aliphatic carbocycles. The van der Waals surface area contributed by atoms with Crippen molar-refractivity contribution < 1.29 is 23.7 Å². The van der Waals surface area contributed by atoms with Gasteiger partial charge in [0.1, 0.15) is 10.6 Å². The average Bonchev–Trinajstić information content (AvgIpc) is 3.61. The topological polar surface area (TPSA) is 140 Å². The van der Waals surface area contributed by atoms with Crippen LogP contribution in [-0.2, 0) is 9.48 Å². The second kappa shape index (κ2) is 9.20. The van der Waals surface area contributed by atoms with Crippen LogP contribution in [0, 0.1) is 0 Å². The number of aliphatic hydroxyl groups excluding tert-OH is 1. The second-order valence-corrected chi connectivity index (χ2v) is 10.5. The summed E-state index contributed by atoms with van der Waals surface area (Å²) in [5.74, 6) is 1.24. The van der Waals surface area contributed by atoms with Gasteiger partial charge in [-0.1, -0.05) is 0 Å². The van der Waals surface area contributed by atoms with E-state index in [1.807, 2.05) is 18.2 Å². The van der Waals surface area contributed by atoms with Gasteiger partial charge in [-0.3, -0.25) is 9.11 Å². The van der Waals surface area contributed by atoms with Gasteiger partial charge in [-0.05, 0) is 37.1 Å². The zero-order valence-electron chi connectivity index (χ0n) is 18.0. The summed E-state index contributed by atoms with van der Waals surface area (Å²) >= 11 is 0. The Bertz CT molecular complexity index is 956. The minimum absolute atomic E-state index is 0.130. The van der Waals surface area contributed by atoms with Crippen LogP contribution in [0.3, 0.4) is 0 Å². The van der Waals surface area contributed by atoms with Crippen LogP contribution in [0.4, 0.5) is 16.3 Å². The Kier molecular flexibility index (Phi) is 6.54. The quantitative estimate of drug-likeness (QED) is 0.422. The predicted molar refractivity (Wildman–Crippen MR) is 124 cm³/mol. The van der Waals surface area contributed by atoms with Crippen LogP contribution in [0.5, 0.6) is 0 Å². The number of carbonyl (C=O) groups excluding carboxylic acids is 1. The number of morpholine rings is 1. The SMILES string of the molecule is CS(O)(O)C1(c2cc(N3CCOCC3)nc(-c3ccc(NC(=O)NCCO)cc3)n2)CC1. The highest BCUT2D eigenvalue weighted by molar-refractivity contribution is 8.24. The van der Waals surface area contributed by atoms with Crippen LogP contribution < -0.4 is 15.5 Å². The Morgan fingerprint density at radius 2 is 1.88 bits per heavy atom. The molecule has 2 aromatic rings. The molecule has 2 fully saturated rings. The number of hydrogen-bond donors (Lipinski definition) is 5. The molecule has 1 saturated heterocycles. The fraction of sp³-hybridized carbons (Fsp3) is 0.476. The summed E-state index contributed by atoms with van der Waals surface area (Å²) in [5.41, 5.74) is 2.00. The first kappa shape index (κ1) is 22.7. The highest BCUT2D eigenvalue weighted by atomic mass is 32.3. The average molecular weight is 464 g/mol. The molecule has 0 bridgehead atoms. The minimum atomic E-state index is -2.82. The van der Waals surface area contributed by atoms with Gasteiger partial charge in [0.2, 0.25) is 0 Å². The number of hydrogen-bond acceptors (Lipinski definition) is 8. The van der Waals surface area contributed by atoms with Crippen LogP contribution in [0.15, 0.2) is 30.3 Å². The van der Waals surface area contributed by atoms with E-state index in [9.17, 15) is 13.9 Å². The van der Waals surface area contributed by atoms with Crippen LogP contribution in [0.25, 0.3) is 11.4 Å². The molecule has 174 valence electrons. The lowest BCUT2D eigenvalue weighted by atomic mass is 10.1. The summed E-state index contributed by atoms with van der Waals surface area (Å²) in [5, 5.41) is 14.0. The summed E-state index contributed by atoms with van der Waals surface area (Å²) < 4.78 is 25.7. The van der Waals surface area contributed by atoms with Gasteiger partial charge in [0, 0.05) is 43.2 Å². The fourth-order valence-corrected chi connectivity index (χ4v) is 5.13. The van der Waals surface area contributed by atoms with Crippen molar-refractivity contribution in [3.8, 4) is 11.4 Å². The zero-order chi connectivity index (χ0) is 22.8. The molecule has 4 rings (SSSR count). The molecule has 1 aromatic carbocycles. The van der Waals surface area contributed by atoms with Crippen molar-refractivity contribution in [2.75, 3.05) is 55.9 Å². The molecule has 1 saturated carbocycles. The standard InChI is InChI=1S/C21H29N5O5S/c1-32(29,30)21(6-7-21)17-14-18(26-9-12-31-13-10-26)25-19(24-17)15-2-4-16(5-3-15)23-20(28)22-8-11-27/h2-5,14,27,29-30H,6-13H2,1H3,(H2,22,23,28). The molecule has 0 spiro atoms. The van der Waals surface area contributed by atoms with E-state index in [0.717, 1.165) is 11.4 Å². The summed E-state index contributed by atoms with van der Waals surface area (Å²) in [7, 11) is -2.82. The van der Waals surface area contributed by atoms with Crippen molar-refractivity contribution in [2.45, 2.75) is 17.6 Å². The van der Waals surface area contributed by atoms with E-state index in [4.69, 9.17) is 19.8 Å². The van der Waals surface area contributed by atoms with Crippen molar-refractivity contribution in [1.29, 1.82) is 0 Å². The maximum atomic E-state index is 11.8. The van der Waals surface area contributed by atoms with E-state index in [1.165, 1.54) is 6.26 Å². The number of aromatic nitrogens is 2. The van der Waals surface area contributed by atoms with Gasteiger partial charge in [0.05, 0.1) is 25.5 Å². The van der Waals surface area contributed by atoms with Crippen LogP contribution in [-0.4, -0.2) is 75.9 Å². The van der Waals surface area contributed by atoms with Gasteiger partial charge < -0.3 is 25.4 Å². The van der Waals surface area contributed by atoms with Gasteiger partial charge in [-0.15, -0.1) is 0 Å². The number of aliphatic hydroxyl groups is 1. The highest BCUT2D eigenvalue weighted by Gasteiger charge is 2.55. The molecule has 2 heterocycles. The van der Waals surface area contributed by atoms with Crippen LogP contribution in [0.2, 0.25) is 0 Å². The predicted octanol–water partition coefficient (Wildman–Crippen LogP) is 2.46. The van der Waals surface area contributed by atoms with Gasteiger partial charge in [-0.25, -0.2) is 14.8 Å². The molecule has 32 heavy (non-hydrogen) atoms. The molecular formula is C21H29N5O5S. The summed E-state index contributed by atoms with van der Waals surface area (Å²) in [6.07, 6.45) is 2.84. The number of urea groups is 1. The van der Waals surface area contributed by atoms with Crippen molar-refractivity contribution in [1.82, 2.24) is 15.3 Å². The van der Waals surface area contributed by atoms with Crippen molar-refractivity contribution >= 4 is 28.1 Å². The number of benzene rings is 1. The van der Waals surface area contributed by atoms with Crippen LogP contribution >= 0.6 is 10.6 Å². The molecule has 0 unspecified atom stereocenters. The Morgan fingerprint density at radius 1 is 1.19 bits per heavy atom. The molecule has 0 atom stereocenters. The third-order valence-corrected chi connectivity index (χ3v) is 7.86. The molecule has 2 amide bonds. The first-order valence-electron chi connectivity index (χ1n) is 10.5. The Hall–Kier alpha value is -2.44. The van der Waals surface area contributed by atoms with E-state index < -0.39 is 21.4 Å². The largest absolute Gasteiger partial charge is 0.395 e. The molecular weight excluding hydrogens is 434 g/mol. The summed E-state index contributed by atoms with van der Waals surface area (Å²) in [4.78, 5) is 23.4. The smallest absolute Gasteiger partial charge is 0.319 e. The number of nitrogens with one attached hydrogen (secondary N) is 2. The summed E-state index contributed by atoms with van der Waals surface area (Å²) in [6, 6.07) is 8.60. The molecule has 10 nitrogen and oxygen atoms in total. The molecule has 5 N–H and O–H groups in total. The maximum Gasteiger partial charge on any atom is 0.319 e. The number of nitrogens with zero attached hydrogens (tertiary/aromatic N) is 3. The number of rotatable bonds is 7. The Labute approximate surface area is 188 Å². The Balaban J connectivity index is 1.64. The number of amides is 2. The lowest BCUT2D eigenvalue weighted by molar-refractivity contribution is 0.122. The van der Waals surface area contributed by atoms with Crippen molar-refractivity contribution in [3.05, 3.63) is 36.0 Å². The Morgan fingerprint density at radius 3 is 2.47 bits per heavy atom. The van der Waals surface area contributed by atoms with Gasteiger partial charge in [0.15, 0.2) is 5.82 Å². The number of anilines is 2. The zero-order valence-corrected chi connectivity index (χ0v) is 18.8. The second-order valence-electron chi connectivity index (χ2n) is 8.04. The maximum absolute atomic E-state index is 11.8. The molecule has 2 aliphatic rings. The lowest BCUT2D eigenvalue weighted by Gasteiger charge is -2.37. The first-order chi connectivity index (χ1) is 15.3. The van der Waals surface area contributed by atoms with Crippen molar-refractivity contribution in [2.24, 2.45) is 0 Å². The highest BCUT2D eigenvalue weighted by Crippen LogP contribution is 2.69. The fourth-order valence-electron chi connectivity index (χ4n) is 3.75. The number of carbonyl (C=O) groups is 1. The molecule has 1 aliphatic heterocycles. The normalized spacial score (nSPS) is 18.2. The third kappa shape index (κ3) is 4.81. The monoisotopic (exact) mass is 463 g/mol. The van der Waals surface area contributed by atoms with E-state index in [1.54, 1.807) is 12.1 Å². The third-order valence-electron chi connectivity index (χ3n) is 5.76. The van der Waals surface area contributed by atoms with E-state index in [-0.39, 0.29) is 13.2 Å².